The molecule has 0 aliphatic heterocycles. The number of pyridine rings is 1. The van der Waals surface area contributed by atoms with E-state index >= 15 is 0 Å². The topological polar surface area (TPSA) is 56.6 Å². The van der Waals surface area contributed by atoms with Crippen molar-refractivity contribution in [2.24, 2.45) is 0 Å². The first kappa shape index (κ1) is 12.3. The van der Waals surface area contributed by atoms with Gasteiger partial charge in [-0.05, 0) is 30.5 Å². The van der Waals surface area contributed by atoms with Crippen LogP contribution >= 0.6 is 0 Å². The van der Waals surface area contributed by atoms with E-state index in [1.165, 1.54) is 0 Å². The summed E-state index contributed by atoms with van der Waals surface area (Å²) in [4.78, 5) is 6.33. The molecule has 1 aliphatic rings. The van der Waals surface area contributed by atoms with Gasteiger partial charge in [-0.25, -0.2) is 4.98 Å². The van der Waals surface area contributed by atoms with E-state index in [1.54, 1.807) is 12.3 Å². The number of aliphatic hydroxyl groups is 2. The third-order valence-electron chi connectivity index (χ3n) is 3.55. The number of likely N-dealkylation sites (N-methyl/N-ethyl adjacent to an activating group) is 1. The van der Waals surface area contributed by atoms with Crippen molar-refractivity contribution in [3.8, 4) is 0 Å². The molecule has 1 aromatic heterocycles. The van der Waals surface area contributed by atoms with Gasteiger partial charge in [0.05, 0.1) is 18.8 Å². The third-order valence-corrected chi connectivity index (χ3v) is 3.55. The molecule has 4 heteroatoms. The van der Waals surface area contributed by atoms with E-state index in [2.05, 4.69) is 4.98 Å². The van der Waals surface area contributed by atoms with Gasteiger partial charge in [-0.1, -0.05) is 12.8 Å². The summed E-state index contributed by atoms with van der Waals surface area (Å²) >= 11 is 0. The van der Waals surface area contributed by atoms with Gasteiger partial charge in [0.1, 0.15) is 5.82 Å². The van der Waals surface area contributed by atoms with E-state index in [0.717, 1.165) is 37.1 Å². The van der Waals surface area contributed by atoms with Crippen LogP contribution in [0, 0.1) is 0 Å². The summed E-state index contributed by atoms with van der Waals surface area (Å²) in [5.74, 6) is 0.822. The molecular weight excluding hydrogens is 216 g/mol. The van der Waals surface area contributed by atoms with E-state index in [1.807, 2.05) is 18.0 Å². The van der Waals surface area contributed by atoms with Crippen molar-refractivity contribution in [1.29, 1.82) is 0 Å². The monoisotopic (exact) mass is 236 g/mol. The molecule has 2 rings (SSSR count). The van der Waals surface area contributed by atoms with Gasteiger partial charge in [0.15, 0.2) is 0 Å². The van der Waals surface area contributed by atoms with Gasteiger partial charge in [0, 0.05) is 13.2 Å². The summed E-state index contributed by atoms with van der Waals surface area (Å²) in [6, 6.07) is 3.82. The zero-order chi connectivity index (χ0) is 12.3. The summed E-state index contributed by atoms with van der Waals surface area (Å²) in [5.41, 5.74) is 0.854. The SMILES string of the molecule is CN(c1cc(CO)ccn1)C1CCCCC1O. The van der Waals surface area contributed by atoms with Crippen LogP contribution in [-0.2, 0) is 6.61 Å². The molecular formula is C13H20N2O2. The number of aromatic nitrogens is 1. The molecule has 2 N–H and O–H groups in total. The molecule has 0 saturated heterocycles. The third kappa shape index (κ3) is 2.76. The van der Waals surface area contributed by atoms with Crippen LogP contribution in [0.15, 0.2) is 18.3 Å². The Morgan fingerprint density at radius 1 is 1.41 bits per heavy atom. The van der Waals surface area contributed by atoms with E-state index in [9.17, 15) is 5.11 Å². The molecule has 1 aliphatic carbocycles. The number of rotatable bonds is 3. The molecule has 17 heavy (non-hydrogen) atoms. The number of hydrogen-bond acceptors (Lipinski definition) is 4. The maximum absolute atomic E-state index is 10.0. The van der Waals surface area contributed by atoms with Crippen molar-refractivity contribution in [3.63, 3.8) is 0 Å². The van der Waals surface area contributed by atoms with Gasteiger partial charge in [-0.3, -0.25) is 0 Å². The zero-order valence-electron chi connectivity index (χ0n) is 10.2. The van der Waals surface area contributed by atoms with Crippen LogP contribution in [0.4, 0.5) is 5.82 Å². The molecule has 0 radical (unpaired) electrons. The highest BCUT2D eigenvalue weighted by Crippen LogP contribution is 2.25. The second-order valence-corrected chi connectivity index (χ2v) is 4.71. The second kappa shape index (κ2) is 5.47. The quantitative estimate of drug-likeness (QED) is 0.831. The van der Waals surface area contributed by atoms with Gasteiger partial charge in [-0.15, -0.1) is 0 Å². The molecule has 0 amide bonds. The summed E-state index contributed by atoms with van der Waals surface area (Å²) in [5, 5.41) is 19.1. The van der Waals surface area contributed by atoms with Gasteiger partial charge in [-0.2, -0.15) is 0 Å². The van der Waals surface area contributed by atoms with Crippen molar-refractivity contribution in [3.05, 3.63) is 23.9 Å². The number of aliphatic hydroxyl groups excluding tert-OH is 2. The maximum atomic E-state index is 10.0. The highest BCUT2D eigenvalue weighted by Gasteiger charge is 2.27. The van der Waals surface area contributed by atoms with Crippen molar-refractivity contribution < 1.29 is 10.2 Å². The summed E-state index contributed by atoms with van der Waals surface area (Å²) in [6.45, 7) is 0.0244. The first-order chi connectivity index (χ1) is 8.22. The molecule has 0 spiro atoms. The van der Waals surface area contributed by atoms with E-state index in [0.29, 0.717) is 0 Å². The molecule has 4 nitrogen and oxygen atoms in total. The van der Waals surface area contributed by atoms with E-state index in [-0.39, 0.29) is 18.8 Å². The maximum Gasteiger partial charge on any atom is 0.128 e. The normalized spacial score (nSPS) is 24.6. The minimum atomic E-state index is -0.270. The fourth-order valence-corrected chi connectivity index (χ4v) is 2.47. The van der Waals surface area contributed by atoms with Gasteiger partial charge in [0.25, 0.3) is 0 Å². The van der Waals surface area contributed by atoms with Crippen LogP contribution < -0.4 is 4.90 Å². The van der Waals surface area contributed by atoms with Crippen LogP contribution in [0.2, 0.25) is 0 Å². The first-order valence-corrected chi connectivity index (χ1v) is 6.19. The van der Waals surface area contributed by atoms with Gasteiger partial charge >= 0.3 is 0 Å². The molecule has 0 bridgehead atoms. The molecule has 1 saturated carbocycles. The Labute approximate surface area is 102 Å². The minimum absolute atomic E-state index is 0.0244. The molecule has 0 aromatic carbocycles. The number of anilines is 1. The van der Waals surface area contributed by atoms with Crippen LogP contribution in [0.3, 0.4) is 0 Å². The molecule has 1 heterocycles. The Morgan fingerprint density at radius 3 is 2.88 bits per heavy atom. The largest absolute Gasteiger partial charge is 0.392 e. The van der Waals surface area contributed by atoms with Crippen molar-refractivity contribution >= 4 is 5.82 Å². The van der Waals surface area contributed by atoms with Crippen LogP contribution in [0.1, 0.15) is 31.2 Å². The Morgan fingerprint density at radius 2 is 2.18 bits per heavy atom. The Balaban J connectivity index is 2.14. The highest BCUT2D eigenvalue weighted by atomic mass is 16.3. The lowest BCUT2D eigenvalue weighted by Crippen LogP contribution is -2.43. The van der Waals surface area contributed by atoms with Crippen LogP contribution in [0.5, 0.6) is 0 Å². The summed E-state index contributed by atoms with van der Waals surface area (Å²) in [7, 11) is 1.96. The van der Waals surface area contributed by atoms with E-state index in [4.69, 9.17) is 5.11 Å². The lowest BCUT2D eigenvalue weighted by molar-refractivity contribution is 0.106. The fourth-order valence-electron chi connectivity index (χ4n) is 2.47. The predicted octanol–water partition coefficient (Wildman–Crippen LogP) is 1.31. The average molecular weight is 236 g/mol. The minimum Gasteiger partial charge on any atom is -0.392 e. The van der Waals surface area contributed by atoms with Gasteiger partial charge < -0.3 is 15.1 Å². The standard InChI is InChI=1S/C13H20N2O2/c1-15(11-4-2-3-5-12(11)17)13-8-10(9-16)6-7-14-13/h6-8,11-12,16-17H,2-5,9H2,1H3. The summed E-state index contributed by atoms with van der Waals surface area (Å²) in [6.07, 6.45) is 5.57. The molecule has 1 aromatic rings. The Hall–Kier alpha value is -1.13. The van der Waals surface area contributed by atoms with Crippen LogP contribution in [0.25, 0.3) is 0 Å². The molecule has 2 unspecified atom stereocenters. The lowest BCUT2D eigenvalue weighted by Gasteiger charge is -2.36. The number of nitrogens with zero attached hydrogens (tertiary/aromatic N) is 2. The van der Waals surface area contributed by atoms with Crippen LogP contribution in [-0.4, -0.2) is 34.4 Å². The van der Waals surface area contributed by atoms with Crippen molar-refractivity contribution in [2.45, 2.75) is 44.4 Å². The molecule has 94 valence electrons. The predicted molar refractivity (Wildman–Crippen MR) is 66.8 cm³/mol. The van der Waals surface area contributed by atoms with Gasteiger partial charge in [0.2, 0.25) is 0 Å². The average Bonchev–Trinajstić information content (AvgIpc) is 2.38. The zero-order valence-corrected chi connectivity index (χ0v) is 10.2. The lowest BCUT2D eigenvalue weighted by atomic mass is 9.91. The smallest absolute Gasteiger partial charge is 0.128 e. The highest BCUT2D eigenvalue weighted by molar-refractivity contribution is 5.41. The van der Waals surface area contributed by atoms with E-state index < -0.39 is 0 Å². The Kier molecular flexibility index (Phi) is 3.97. The molecule has 1 fully saturated rings. The Bertz CT molecular complexity index is 370. The fraction of sp³-hybridized carbons (Fsp3) is 0.615. The first-order valence-electron chi connectivity index (χ1n) is 6.19. The van der Waals surface area contributed by atoms with Crippen molar-refractivity contribution in [2.75, 3.05) is 11.9 Å². The second-order valence-electron chi connectivity index (χ2n) is 4.71. The number of hydrogen-bond donors (Lipinski definition) is 2. The van der Waals surface area contributed by atoms with Crippen molar-refractivity contribution in [1.82, 2.24) is 4.98 Å². The summed E-state index contributed by atoms with van der Waals surface area (Å²) < 4.78 is 0. The molecule has 2 atom stereocenters.